The van der Waals surface area contributed by atoms with E-state index in [1.807, 2.05) is 7.05 Å². The van der Waals surface area contributed by atoms with Gasteiger partial charge in [-0.3, -0.25) is 4.79 Å². The van der Waals surface area contributed by atoms with Crippen molar-refractivity contribution in [2.45, 2.75) is 19.8 Å². The molecule has 1 saturated carbocycles. The number of carbonyl (C=O) groups excluding carboxylic acids is 1. The topological polar surface area (TPSA) is 38.3 Å². The Hall–Kier alpha value is -1.42. The maximum atomic E-state index is 13.7. The normalized spacial score (nSPS) is 16.4. The second kappa shape index (κ2) is 5.06. The molecule has 0 heterocycles. The third kappa shape index (κ3) is 2.38. The van der Waals surface area contributed by atoms with Crippen LogP contribution in [0.4, 0.5) is 4.39 Å². The Bertz CT molecular complexity index is 455. The molecule has 1 aromatic rings. The van der Waals surface area contributed by atoms with E-state index in [-0.39, 0.29) is 16.9 Å². The van der Waals surface area contributed by atoms with Gasteiger partial charge >= 0.3 is 0 Å². The van der Waals surface area contributed by atoms with E-state index in [9.17, 15) is 9.18 Å². The van der Waals surface area contributed by atoms with Gasteiger partial charge in [0.05, 0.1) is 6.61 Å². The standard InChI is InChI=1S/C14H18FNO2/c1-3-18-12-5-4-10(8-11(12)15)13(17)14(6-7-14)9-16-2/h4-5,8,16H,3,6-7,9H2,1-2H3. The SMILES string of the molecule is CCOc1ccc(C(=O)C2(CNC)CC2)cc1F. The first-order valence-electron chi connectivity index (χ1n) is 6.25. The van der Waals surface area contributed by atoms with Crippen molar-refractivity contribution in [1.29, 1.82) is 0 Å². The summed E-state index contributed by atoms with van der Waals surface area (Å²) < 4.78 is 18.8. The number of ketones is 1. The van der Waals surface area contributed by atoms with Crippen LogP contribution in [-0.2, 0) is 0 Å². The number of rotatable bonds is 6. The molecule has 0 unspecified atom stereocenters. The summed E-state index contributed by atoms with van der Waals surface area (Å²) in [6.07, 6.45) is 1.75. The third-order valence-electron chi connectivity index (χ3n) is 3.34. The fourth-order valence-electron chi connectivity index (χ4n) is 2.19. The van der Waals surface area contributed by atoms with E-state index in [0.29, 0.717) is 18.7 Å². The summed E-state index contributed by atoms with van der Waals surface area (Å²) in [6, 6.07) is 4.46. The molecule has 0 saturated heterocycles. The minimum Gasteiger partial charge on any atom is -0.491 e. The molecule has 0 spiro atoms. The molecule has 0 aromatic heterocycles. The minimum atomic E-state index is -0.469. The lowest BCUT2D eigenvalue weighted by atomic mass is 9.94. The molecular formula is C14H18FNO2. The summed E-state index contributed by atoms with van der Waals surface area (Å²) in [4.78, 5) is 12.3. The van der Waals surface area contributed by atoms with Crippen molar-refractivity contribution in [2.24, 2.45) is 5.41 Å². The highest BCUT2D eigenvalue weighted by Crippen LogP contribution is 2.47. The Labute approximate surface area is 106 Å². The van der Waals surface area contributed by atoms with Gasteiger partial charge in [-0.25, -0.2) is 4.39 Å². The van der Waals surface area contributed by atoms with Gasteiger partial charge in [0.25, 0.3) is 0 Å². The van der Waals surface area contributed by atoms with Crippen LogP contribution in [0.25, 0.3) is 0 Å². The molecule has 2 rings (SSSR count). The van der Waals surface area contributed by atoms with Crippen molar-refractivity contribution in [3.8, 4) is 5.75 Å². The van der Waals surface area contributed by atoms with E-state index < -0.39 is 5.82 Å². The highest BCUT2D eigenvalue weighted by molar-refractivity contribution is 6.02. The minimum absolute atomic E-state index is 0.0267. The Balaban J connectivity index is 2.19. The van der Waals surface area contributed by atoms with Gasteiger partial charge in [0.15, 0.2) is 17.3 Å². The van der Waals surface area contributed by atoms with E-state index in [1.165, 1.54) is 12.1 Å². The Morgan fingerprint density at radius 3 is 2.72 bits per heavy atom. The quantitative estimate of drug-likeness (QED) is 0.789. The van der Waals surface area contributed by atoms with Crippen LogP contribution in [0.15, 0.2) is 18.2 Å². The highest BCUT2D eigenvalue weighted by atomic mass is 19.1. The zero-order valence-corrected chi connectivity index (χ0v) is 10.8. The predicted octanol–water partition coefficient (Wildman–Crippen LogP) is 2.41. The summed E-state index contributed by atoms with van der Waals surface area (Å²) in [5.41, 5.74) is 0.123. The van der Waals surface area contributed by atoms with Gasteiger partial charge in [0.2, 0.25) is 0 Å². The molecule has 1 fully saturated rings. The first-order chi connectivity index (χ1) is 8.63. The lowest BCUT2D eigenvalue weighted by Gasteiger charge is -2.14. The van der Waals surface area contributed by atoms with Gasteiger partial charge in [-0.1, -0.05) is 0 Å². The Morgan fingerprint density at radius 2 is 2.22 bits per heavy atom. The molecule has 18 heavy (non-hydrogen) atoms. The zero-order chi connectivity index (χ0) is 13.2. The molecule has 1 aromatic carbocycles. The summed E-state index contributed by atoms with van der Waals surface area (Å²) in [5.74, 6) is -0.241. The fourth-order valence-corrected chi connectivity index (χ4v) is 2.19. The number of benzene rings is 1. The van der Waals surface area contributed by atoms with E-state index in [1.54, 1.807) is 13.0 Å². The zero-order valence-electron chi connectivity index (χ0n) is 10.8. The van der Waals surface area contributed by atoms with Crippen LogP contribution in [0, 0.1) is 11.2 Å². The van der Waals surface area contributed by atoms with Crippen LogP contribution >= 0.6 is 0 Å². The molecule has 0 atom stereocenters. The first-order valence-corrected chi connectivity index (χ1v) is 6.25. The van der Waals surface area contributed by atoms with Crippen molar-refractivity contribution in [3.63, 3.8) is 0 Å². The van der Waals surface area contributed by atoms with Gasteiger partial charge in [-0.2, -0.15) is 0 Å². The number of carbonyl (C=O) groups is 1. The Morgan fingerprint density at radius 1 is 1.50 bits per heavy atom. The number of ether oxygens (including phenoxy) is 1. The van der Waals surface area contributed by atoms with Crippen LogP contribution in [0.2, 0.25) is 0 Å². The fraction of sp³-hybridized carbons (Fsp3) is 0.500. The predicted molar refractivity (Wildman–Crippen MR) is 67.5 cm³/mol. The van der Waals surface area contributed by atoms with Gasteiger partial charge in [-0.05, 0) is 45.0 Å². The van der Waals surface area contributed by atoms with E-state index in [4.69, 9.17) is 4.74 Å². The molecule has 4 heteroatoms. The van der Waals surface area contributed by atoms with E-state index in [2.05, 4.69) is 5.32 Å². The summed E-state index contributed by atoms with van der Waals surface area (Å²) in [6.45, 7) is 2.86. The van der Waals surface area contributed by atoms with Crippen LogP contribution in [0.3, 0.4) is 0 Å². The van der Waals surface area contributed by atoms with Crippen LogP contribution in [0.1, 0.15) is 30.1 Å². The molecule has 1 aliphatic carbocycles. The van der Waals surface area contributed by atoms with Crippen molar-refractivity contribution in [2.75, 3.05) is 20.2 Å². The largest absolute Gasteiger partial charge is 0.491 e. The maximum Gasteiger partial charge on any atom is 0.170 e. The second-order valence-corrected chi connectivity index (χ2v) is 4.72. The van der Waals surface area contributed by atoms with Crippen molar-refractivity contribution >= 4 is 5.78 Å². The third-order valence-corrected chi connectivity index (χ3v) is 3.34. The summed E-state index contributed by atoms with van der Waals surface area (Å²) >= 11 is 0. The van der Waals surface area contributed by atoms with Gasteiger partial charge in [0.1, 0.15) is 0 Å². The lowest BCUT2D eigenvalue weighted by Crippen LogP contribution is -2.28. The van der Waals surface area contributed by atoms with Crippen molar-refractivity contribution in [1.82, 2.24) is 5.32 Å². The van der Waals surface area contributed by atoms with Crippen molar-refractivity contribution < 1.29 is 13.9 Å². The molecule has 98 valence electrons. The molecule has 1 N–H and O–H groups in total. The molecule has 0 amide bonds. The second-order valence-electron chi connectivity index (χ2n) is 4.72. The number of hydrogen-bond donors (Lipinski definition) is 1. The van der Waals surface area contributed by atoms with Gasteiger partial charge in [-0.15, -0.1) is 0 Å². The monoisotopic (exact) mass is 251 g/mol. The number of hydrogen-bond acceptors (Lipinski definition) is 3. The van der Waals surface area contributed by atoms with Crippen LogP contribution in [-0.4, -0.2) is 26.0 Å². The molecular weight excluding hydrogens is 233 g/mol. The average Bonchev–Trinajstić information content (AvgIpc) is 3.12. The summed E-state index contributed by atoms with van der Waals surface area (Å²) in [5, 5.41) is 3.03. The van der Waals surface area contributed by atoms with Crippen LogP contribution in [0.5, 0.6) is 5.75 Å². The number of halogens is 1. The molecule has 3 nitrogen and oxygen atoms in total. The highest BCUT2D eigenvalue weighted by Gasteiger charge is 2.49. The van der Waals surface area contributed by atoms with Gasteiger partial charge in [0, 0.05) is 17.5 Å². The molecule has 1 aliphatic rings. The smallest absolute Gasteiger partial charge is 0.170 e. The van der Waals surface area contributed by atoms with Crippen LogP contribution < -0.4 is 10.1 Å². The average molecular weight is 251 g/mol. The summed E-state index contributed by atoms with van der Waals surface area (Å²) in [7, 11) is 1.83. The Kier molecular flexibility index (Phi) is 3.66. The molecule has 0 aliphatic heterocycles. The first kappa shape index (κ1) is 13.0. The number of nitrogens with one attached hydrogen (secondary N) is 1. The number of Topliss-reactive ketones (excluding diaryl/α,β-unsaturated/α-hetero) is 1. The maximum absolute atomic E-state index is 13.7. The molecule has 0 bridgehead atoms. The lowest BCUT2D eigenvalue weighted by molar-refractivity contribution is 0.0899. The van der Waals surface area contributed by atoms with Crippen molar-refractivity contribution in [3.05, 3.63) is 29.6 Å². The van der Waals surface area contributed by atoms with E-state index in [0.717, 1.165) is 12.8 Å². The van der Waals surface area contributed by atoms with Gasteiger partial charge < -0.3 is 10.1 Å². The molecule has 0 radical (unpaired) electrons. The van der Waals surface area contributed by atoms with E-state index >= 15 is 0 Å².